The second-order valence-corrected chi connectivity index (χ2v) is 9.53. The minimum Gasteiger partial charge on any atom is -0.195 e. The topological polar surface area (TPSA) is 40.6 Å². The predicted octanol–water partition coefficient (Wildman–Crippen LogP) is 3.49. The summed E-state index contributed by atoms with van der Waals surface area (Å²) in [6.07, 6.45) is 0. The molecule has 1 aliphatic heterocycles. The van der Waals surface area contributed by atoms with Crippen LogP contribution in [0, 0.1) is 5.41 Å². The second-order valence-electron chi connectivity index (χ2n) is 7.49. The van der Waals surface area contributed by atoms with Gasteiger partial charge in [-0.05, 0) is 16.5 Å². The van der Waals surface area contributed by atoms with E-state index >= 15 is 0 Å². The summed E-state index contributed by atoms with van der Waals surface area (Å²) in [5, 5.41) is 0. The highest BCUT2D eigenvalue weighted by Crippen LogP contribution is 2.43. The van der Waals surface area contributed by atoms with Crippen LogP contribution in [0.3, 0.4) is 0 Å². The molecule has 1 aliphatic rings. The fourth-order valence-corrected chi connectivity index (χ4v) is 5.16. The normalized spacial score (nSPS) is 20.9. The zero-order valence-corrected chi connectivity index (χ0v) is 15.9. The van der Waals surface area contributed by atoms with Crippen molar-refractivity contribution in [2.75, 3.05) is 20.1 Å². The Kier molecular flexibility index (Phi) is 5.00. The molecule has 3 rings (SSSR count). The van der Waals surface area contributed by atoms with Gasteiger partial charge in [0.2, 0.25) is 0 Å². The van der Waals surface area contributed by atoms with E-state index in [1.54, 1.807) is 11.4 Å². The van der Waals surface area contributed by atoms with Gasteiger partial charge >= 0.3 is 0 Å². The number of rotatable bonds is 5. The average molecular weight is 359 g/mol. The predicted molar refractivity (Wildman–Crippen MR) is 101 cm³/mol. The van der Waals surface area contributed by atoms with E-state index in [2.05, 4.69) is 26.0 Å². The van der Waals surface area contributed by atoms with Crippen LogP contribution >= 0.6 is 0 Å². The molecule has 1 fully saturated rings. The van der Waals surface area contributed by atoms with Crippen molar-refractivity contribution in [2.24, 2.45) is 5.41 Å². The lowest BCUT2D eigenvalue weighted by Gasteiger charge is -2.26. The third-order valence-electron chi connectivity index (χ3n) is 5.08. The van der Waals surface area contributed by atoms with Crippen LogP contribution < -0.4 is 0 Å². The van der Waals surface area contributed by atoms with E-state index in [-0.39, 0.29) is 11.3 Å². The summed E-state index contributed by atoms with van der Waals surface area (Å²) in [7, 11) is -1.82. The van der Waals surface area contributed by atoms with Crippen LogP contribution in [0.1, 0.15) is 30.9 Å². The van der Waals surface area contributed by atoms with Gasteiger partial charge in [0.15, 0.2) is 0 Å². The van der Waals surface area contributed by atoms with Gasteiger partial charge < -0.3 is 0 Å². The van der Waals surface area contributed by atoms with Crippen molar-refractivity contribution in [2.45, 2.75) is 26.3 Å². The molecule has 1 saturated heterocycles. The Hall–Kier alpha value is -1.69. The Balaban J connectivity index is 1.79. The van der Waals surface area contributed by atoms with Gasteiger partial charge in [0.05, 0.1) is 0 Å². The highest BCUT2D eigenvalue weighted by Gasteiger charge is 2.45. The summed E-state index contributed by atoms with van der Waals surface area (Å²) in [5.41, 5.74) is 2.10. The number of benzene rings is 2. The monoisotopic (exact) mass is 358 g/mol. The molecule has 2 aromatic rings. The largest absolute Gasteiger partial charge is 0.282 e. The van der Waals surface area contributed by atoms with Crippen LogP contribution in [0.4, 0.5) is 0 Å². The van der Waals surface area contributed by atoms with Crippen molar-refractivity contribution in [3.05, 3.63) is 71.8 Å². The summed E-state index contributed by atoms with van der Waals surface area (Å²) in [6, 6.07) is 19.9. The van der Waals surface area contributed by atoms with Crippen LogP contribution in [-0.4, -0.2) is 37.2 Å². The Morgan fingerprint density at radius 3 is 2.20 bits per heavy atom. The molecule has 0 bridgehead atoms. The molecule has 134 valence electrons. The molecule has 25 heavy (non-hydrogen) atoms. The van der Waals surface area contributed by atoms with Crippen molar-refractivity contribution >= 4 is 10.2 Å². The molecule has 0 amide bonds. The molecule has 0 unspecified atom stereocenters. The van der Waals surface area contributed by atoms with Gasteiger partial charge in [-0.15, -0.1) is 0 Å². The molecular formula is C20H26N2O2S. The van der Waals surface area contributed by atoms with E-state index in [1.807, 2.05) is 48.5 Å². The summed E-state index contributed by atoms with van der Waals surface area (Å²) in [6.45, 7) is 5.75. The molecule has 1 atom stereocenters. The summed E-state index contributed by atoms with van der Waals surface area (Å²) < 4.78 is 29.2. The average Bonchev–Trinajstić information content (AvgIpc) is 2.92. The van der Waals surface area contributed by atoms with Crippen molar-refractivity contribution in [1.29, 1.82) is 0 Å². The minimum atomic E-state index is -3.48. The third kappa shape index (κ3) is 3.78. The number of hydrogen-bond donors (Lipinski definition) is 0. The van der Waals surface area contributed by atoms with E-state index in [9.17, 15) is 8.42 Å². The van der Waals surface area contributed by atoms with Crippen LogP contribution in [0.25, 0.3) is 0 Å². The quantitative estimate of drug-likeness (QED) is 0.821. The van der Waals surface area contributed by atoms with Crippen molar-refractivity contribution in [1.82, 2.24) is 8.61 Å². The van der Waals surface area contributed by atoms with E-state index in [0.717, 1.165) is 5.56 Å². The molecule has 0 aliphatic carbocycles. The molecule has 0 aromatic heterocycles. The maximum absolute atomic E-state index is 13.1. The van der Waals surface area contributed by atoms with E-state index in [0.29, 0.717) is 19.6 Å². The maximum atomic E-state index is 13.1. The Bertz CT molecular complexity index is 804. The first-order valence-electron chi connectivity index (χ1n) is 8.61. The number of hydrogen-bond acceptors (Lipinski definition) is 2. The molecule has 1 heterocycles. The van der Waals surface area contributed by atoms with Crippen LogP contribution in [0.2, 0.25) is 0 Å². The first-order chi connectivity index (χ1) is 11.8. The SMILES string of the molecule is CN(Cc1ccccc1)S(=O)(=O)N1C[C@@H](c2ccccc2)C(C)(C)C1. The van der Waals surface area contributed by atoms with E-state index in [4.69, 9.17) is 0 Å². The molecule has 0 radical (unpaired) electrons. The lowest BCUT2D eigenvalue weighted by Crippen LogP contribution is -2.40. The van der Waals surface area contributed by atoms with Crippen molar-refractivity contribution in [3.8, 4) is 0 Å². The molecular weight excluding hydrogens is 332 g/mol. The van der Waals surface area contributed by atoms with Gasteiger partial charge in [0.1, 0.15) is 0 Å². The molecule has 0 saturated carbocycles. The maximum Gasteiger partial charge on any atom is 0.282 e. The second kappa shape index (κ2) is 6.90. The van der Waals surface area contributed by atoms with Gasteiger partial charge in [-0.1, -0.05) is 74.5 Å². The number of nitrogens with zero attached hydrogens (tertiary/aromatic N) is 2. The zero-order chi connectivity index (χ0) is 18.1. The van der Waals surface area contributed by atoms with Gasteiger partial charge in [0.25, 0.3) is 10.2 Å². The van der Waals surface area contributed by atoms with Gasteiger partial charge in [-0.25, -0.2) is 0 Å². The van der Waals surface area contributed by atoms with Crippen LogP contribution in [-0.2, 0) is 16.8 Å². The minimum absolute atomic E-state index is 0.0952. The standard InChI is InChI=1S/C20H26N2O2S/c1-20(2)16-22(15-19(20)18-12-8-5-9-13-18)25(23,24)21(3)14-17-10-6-4-7-11-17/h4-13,19H,14-16H2,1-3H3/t19-/m0/s1. The van der Waals surface area contributed by atoms with E-state index in [1.165, 1.54) is 9.87 Å². The summed E-state index contributed by atoms with van der Waals surface area (Å²) >= 11 is 0. The Morgan fingerprint density at radius 2 is 1.60 bits per heavy atom. The molecule has 0 spiro atoms. The molecule has 5 heteroatoms. The smallest absolute Gasteiger partial charge is 0.195 e. The Labute approximate surface area is 151 Å². The van der Waals surface area contributed by atoms with Crippen LogP contribution in [0.15, 0.2) is 60.7 Å². The lowest BCUT2D eigenvalue weighted by atomic mass is 9.78. The third-order valence-corrected chi connectivity index (χ3v) is 6.93. The molecule has 0 N–H and O–H groups in total. The molecule has 4 nitrogen and oxygen atoms in total. The first-order valence-corrected chi connectivity index (χ1v) is 10.0. The summed E-state index contributed by atoms with van der Waals surface area (Å²) in [5.74, 6) is 0.202. The highest BCUT2D eigenvalue weighted by molar-refractivity contribution is 7.86. The fourth-order valence-electron chi connectivity index (χ4n) is 3.62. The van der Waals surface area contributed by atoms with Gasteiger partial charge in [0, 0.05) is 32.6 Å². The first kappa shape index (κ1) is 18.1. The molecule has 2 aromatic carbocycles. The van der Waals surface area contributed by atoms with Gasteiger partial charge in [-0.2, -0.15) is 17.0 Å². The zero-order valence-electron chi connectivity index (χ0n) is 15.1. The van der Waals surface area contributed by atoms with Crippen molar-refractivity contribution in [3.63, 3.8) is 0 Å². The Morgan fingerprint density at radius 1 is 1.04 bits per heavy atom. The van der Waals surface area contributed by atoms with Crippen molar-refractivity contribution < 1.29 is 8.42 Å². The van der Waals surface area contributed by atoms with Crippen LogP contribution in [0.5, 0.6) is 0 Å². The summed E-state index contributed by atoms with van der Waals surface area (Å²) in [4.78, 5) is 0. The van der Waals surface area contributed by atoms with Gasteiger partial charge in [-0.3, -0.25) is 0 Å². The fraction of sp³-hybridized carbons (Fsp3) is 0.400. The lowest BCUT2D eigenvalue weighted by molar-refractivity contribution is 0.335. The van der Waals surface area contributed by atoms with E-state index < -0.39 is 10.2 Å². The highest BCUT2D eigenvalue weighted by atomic mass is 32.2.